The molecule has 13 heteroatoms. The van der Waals surface area contributed by atoms with Gasteiger partial charge in [-0.2, -0.15) is 0 Å². The van der Waals surface area contributed by atoms with E-state index in [1.807, 2.05) is 12.2 Å². The van der Waals surface area contributed by atoms with Crippen LogP contribution in [-0.2, 0) is 29.8 Å². The number of likely N-dealkylation sites (N-methyl/N-ethyl adjacent to an activating group) is 2. The summed E-state index contributed by atoms with van der Waals surface area (Å²) in [6, 6.07) is 0. The Bertz CT molecular complexity index is 923. The van der Waals surface area contributed by atoms with Crippen molar-refractivity contribution in [3.05, 3.63) is 24.3 Å². The molecule has 0 aliphatic rings. The quantitative estimate of drug-likeness (QED) is 0.0476. The summed E-state index contributed by atoms with van der Waals surface area (Å²) in [5.74, 6) is -1.14. The molecule has 0 bridgehead atoms. The van der Waals surface area contributed by atoms with Crippen molar-refractivity contribution in [2.75, 3.05) is 38.7 Å². The topological polar surface area (TPSA) is 155 Å². The number of carbonyl (C=O) groups is 2. The van der Waals surface area contributed by atoms with Gasteiger partial charge >= 0.3 is 37.7 Å². The van der Waals surface area contributed by atoms with Crippen LogP contribution in [0.5, 0.6) is 0 Å². The number of amides is 2. The Morgan fingerprint density at radius 1 is 0.533 bits per heavy atom. The molecule has 260 valence electrons. The molecule has 0 radical (unpaired) electrons. The van der Waals surface area contributed by atoms with Gasteiger partial charge in [-0.15, -0.1) is 0 Å². The zero-order valence-corrected chi connectivity index (χ0v) is 32.4. The van der Waals surface area contributed by atoms with Gasteiger partial charge in [0.2, 0.25) is 11.8 Å². The summed E-state index contributed by atoms with van der Waals surface area (Å²) >= 11 is 0. The molecule has 0 aromatic rings. The van der Waals surface area contributed by atoms with Crippen molar-refractivity contribution < 1.29 is 35.5 Å². The van der Waals surface area contributed by atoms with Crippen LogP contribution >= 0.6 is 0 Å². The molecular weight excluding hydrogens is 645 g/mol. The first-order valence-electron chi connectivity index (χ1n) is 16.4. The molecular formula is C32H60CaN2O8S2. The van der Waals surface area contributed by atoms with Crippen LogP contribution in [-0.4, -0.2) is 124 Å². The molecule has 0 atom stereocenters. The normalized spacial score (nSPS) is 11.7. The fraction of sp³-hybridized carbons (Fsp3) is 0.812. The monoisotopic (exact) mass is 704 g/mol. The van der Waals surface area contributed by atoms with E-state index in [0.29, 0.717) is 0 Å². The Labute approximate surface area is 305 Å². The summed E-state index contributed by atoms with van der Waals surface area (Å²) in [6.07, 6.45) is 26.4. The fourth-order valence-electron chi connectivity index (χ4n) is 4.24. The zero-order chi connectivity index (χ0) is 33.7. The maximum absolute atomic E-state index is 11.7. The van der Waals surface area contributed by atoms with Crippen LogP contribution in [0.25, 0.3) is 0 Å². The average molecular weight is 705 g/mol. The minimum Gasteiger partial charge on any atom is -0.748 e. The number of allylic oxidation sites excluding steroid dienone is 2. The van der Waals surface area contributed by atoms with Gasteiger partial charge in [-0.05, 0) is 50.7 Å². The first kappa shape index (κ1) is 48.9. The molecule has 0 aliphatic carbocycles. The molecule has 0 saturated heterocycles. The Morgan fingerprint density at radius 2 is 0.822 bits per heavy atom. The molecule has 2 amide bonds. The molecule has 0 spiro atoms. The summed E-state index contributed by atoms with van der Waals surface area (Å²) in [7, 11) is -5.16. The van der Waals surface area contributed by atoms with Crippen LogP contribution in [0, 0.1) is 0 Å². The van der Waals surface area contributed by atoms with Gasteiger partial charge in [-0.3, -0.25) is 9.59 Å². The third kappa shape index (κ3) is 39.6. The molecule has 45 heavy (non-hydrogen) atoms. The minimum atomic E-state index is -4.19. The van der Waals surface area contributed by atoms with Crippen molar-refractivity contribution >= 4 is 69.8 Å². The van der Waals surface area contributed by atoms with E-state index < -0.39 is 31.7 Å². The predicted molar refractivity (Wildman–Crippen MR) is 183 cm³/mol. The Hall–Kier alpha value is -0.500. The second kappa shape index (κ2) is 32.1. The van der Waals surface area contributed by atoms with Crippen LogP contribution in [0.15, 0.2) is 24.3 Å². The molecule has 0 aliphatic heterocycles. The van der Waals surface area contributed by atoms with E-state index in [4.69, 9.17) is 0 Å². The Kier molecular flexibility index (Phi) is 34.8. The van der Waals surface area contributed by atoms with E-state index in [0.717, 1.165) is 25.7 Å². The van der Waals surface area contributed by atoms with Gasteiger partial charge in [-0.1, -0.05) is 103 Å². The van der Waals surface area contributed by atoms with E-state index in [1.54, 1.807) is 14.1 Å². The number of hydrogen-bond acceptors (Lipinski definition) is 8. The van der Waals surface area contributed by atoms with E-state index in [9.17, 15) is 35.5 Å². The smallest absolute Gasteiger partial charge is 0.748 e. The predicted octanol–water partition coefficient (Wildman–Crippen LogP) is 5.77. The molecule has 0 aromatic carbocycles. The summed E-state index contributed by atoms with van der Waals surface area (Å²) in [4.78, 5) is 26.3. The van der Waals surface area contributed by atoms with Crippen molar-refractivity contribution in [3.8, 4) is 0 Å². The summed E-state index contributed by atoms with van der Waals surface area (Å²) in [5.41, 5.74) is 0. The Balaban J connectivity index is -0.000000767. The van der Waals surface area contributed by atoms with Crippen molar-refractivity contribution in [1.82, 2.24) is 9.80 Å². The second-order valence-electron chi connectivity index (χ2n) is 11.4. The molecule has 0 fully saturated rings. The first-order valence-corrected chi connectivity index (χ1v) is 19.6. The summed E-state index contributed by atoms with van der Waals surface area (Å²) < 4.78 is 62.8. The van der Waals surface area contributed by atoms with Crippen LogP contribution < -0.4 is 0 Å². The fourth-order valence-corrected chi connectivity index (χ4v) is 5.20. The van der Waals surface area contributed by atoms with Crippen LogP contribution in [0.1, 0.15) is 129 Å². The number of hydrogen-bond donors (Lipinski definition) is 0. The van der Waals surface area contributed by atoms with Crippen molar-refractivity contribution in [2.24, 2.45) is 0 Å². The van der Waals surface area contributed by atoms with Gasteiger partial charge < -0.3 is 18.9 Å². The number of rotatable bonds is 26. The molecule has 0 saturated carbocycles. The average Bonchev–Trinajstić information content (AvgIpc) is 2.94. The third-order valence-corrected chi connectivity index (χ3v) is 8.58. The minimum absolute atomic E-state index is 0. The maximum atomic E-state index is 11.7. The van der Waals surface area contributed by atoms with Gasteiger partial charge in [0, 0.05) is 38.7 Å². The van der Waals surface area contributed by atoms with Crippen molar-refractivity contribution in [1.29, 1.82) is 0 Å². The largest absolute Gasteiger partial charge is 2.00 e. The van der Waals surface area contributed by atoms with Crippen LogP contribution in [0.2, 0.25) is 0 Å². The van der Waals surface area contributed by atoms with Crippen LogP contribution in [0.3, 0.4) is 0 Å². The molecule has 10 nitrogen and oxygen atoms in total. The maximum Gasteiger partial charge on any atom is 2.00 e. The van der Waals surface area contributed by atoms with E-state index in [2.05, 4.69) is 13.8 Å². The van der Waals surface area contributed by atoms with Crippen molar-refractivity contribution in [3.63, 3.8) is 0 Å². The number of unbranched alkanes of at least 4 members (excludes halogenated alkanes) is 14. The molecule has 0 unspecified atom stereocenters. The van der Waals surface area contributed by atoms with Gasteiger partial charge in [-0.25, -0.2) is 16.8 Å². The van der Waals surface area contributed by atoms with E-state index in [-0.39, 0.29) is 75.5 Å². The van der Waals surface area contributed by atoms with E-state index in [1.165, 1.54) is 99.0 Å². The van der Waals surface area contributed by atoms with Gasteiger partial charge in [0.25, 0.3) is 0 Å². The molecule has 0 rings (SSSR count). The molecule has 0 N–H and O–H groups in total. The van der Waals surface area contributed by atoms with Gasteiger partial charge in [0.15, 0.2) is 0 Å². The van der Waals surface area contributed by atoms with Gasteiger partial charge in [0.1, 0.15) is 0 Å². The van der Waals surface area contributed by atoms with Crippen molar-refractivity contribution in [2.45, 2.75) is 129 Å². The van der Waals surface area contributed by atoms with Crippen LogP contribution in [0.4, 0.5) is 0 Å². The number of carbonyl (C=O) groups excluding carboxylic acids is 2. The Morgan fingerprint density at radius 3 is 1.11 bits per heavy atom. The van der Waals surface area contributed by atoms with Gasteiger partial charge in [0.05, 0.1) is 20.2 Å². The standard InChI is InChI=1S/2C16H31NO4S.Ca/c2*1-3-4-5-6-7-8-9-10-11-13-16(18)17(2)14-12-15-22(19,20)21;/h2*11,13H,3-10,12,14-15H2,1-2H3,(H,19,20,21);/q;;+2/p-2/b2*13-11+;. The molecule has 0 heterocycles. The third-order valence-electron chi connectivity index (χ3n) is 7.00. The van der Waals surface area contributed by atoms with E-state index >= 15 is 0 Å². The second-order valence-corrected chi connectivity index (χ2v) is 14.4. The summed E-state index contributed by atoms with van der Waals surface area (Å²) in [6.45, 7) is 4.97. The zero-order valence-electron chi connectivity index (χ0n) is 28.5. The first-order chi connectivity index (χ1) is 20.7. The summed E-state index contributed by atoms with van der Waals surface area (Å²) in [5, 5.41) is 0. The SMILES string of the molecule is CCCCCCCCC/C=C/C(=O)N(C)CCCS(=O)(=O)[O-].CCCCCCCCC/C=C/C(=O)N(C)CCCS(=O)(=O)[O-].[Ca+2]. The molecule has 0 aromatic heterocycles. The number of nitrogens with zero attached hydrogens (tertiary/aromatic N) is 2.